The van der Waals surface area contributed by atoms with Crippen molar-refractivity contribution < 1.29 is 14.2 Å². The van der Waals surface area contributed by atoms with Crippen LogP contribution >= 0.6 is 23.2 Å². The Labute approximate surface area is 181 Å². The highest BCUT2D eigenvalue weighted by atomic mass is 35.5. The normalized spacial score (nSPS) is 10.6. The zero-order valence-corrected chi connectivity index (χ0v) is 17.9. The summed E-state index contributed by atoms with van der Waals surface area (Å²) < 4.78 is 16.6. The fraction of sp³-hybridized carbons (Fsp3) is 0.217. The Morgan fingerprint density at radius 2 is 1.52 bits per heavy atom. The van der Waals surface area contributed by atoms with Gasteiger partial charge in [-0.3, -0.25) is 0 Å². The van der Waals surface area contributed by atoms with E-state index < -0.39 is 0 Å². The summed E-state index contributed by atoms with van der Waals surface area (Å²) in [6.07, 6.45) is 0. The Morgan fingerprint density at radius 1 is 0.759 bits per heavy atom. The van der Waals surface area contributed by atoms with Gasteiger partial charge in [0.05, 0.1) is 14.2 Å². The van der Waals surface area contributed by atoms with E-state index in [4.69, 9.17) is 37.4 Å². The highest BCUT2D eigenvalue weighted by Crippen LogP contribution is 2.34. The molecule has 0 aliphatic heterocycles. The van der Waals surface area contributed by atoms with E-state index in [2.05, 4.69) is 5.32 Å². The lowest BCUT2D eigenvalue weighted by Crippen LogP contribution is -2.13. The topological polar surface area (TPSA) is 39.7 Å². The van der Waals surface area contributed by atoms with Crippen LogP contribution in [0, 0.1) is 0 Å². The van der Waals surface area contributed by atoms with Gasteiger partial charge in [0.2, 0.25) is 0 Å². The molecular formula is C23H23Cl2NO3. The number of methoxy groups -OCH3 is 2. The van der Waals surface area contributed by atoms with E-state index in [1.165, 1.54) is 0 Å². The first-order valence-electron chi connectivity index (χ1n) is 9.17. The Kier molecular flexibility index (Phi) is 7.64. The summed E-state index contributed by atoms with van der Waals surface area (Å²) in [5.74, 6) is 2.05. The maximum Gasteiger partial charge on any atom is 0.163 e. The SMILES string of the molecule is COc1ccc(CNCc2cc(OC)c(OCc3ccccc3Cl)cc2Cl)cc1. The van der Waals surface area contributed by atoms with E-state index in [9.17, 15) is 0 Å². The van der Waals surface area contributed by atoms with Gasteiger partial charge in [0.15, 0.2) is 11.5 Å². The van der Waals surface area contributed by atoms with Crippen molar-refractivity contribution in [2.24, 2.45) is 0 Å². The molecule has 6 heteroatoms. The second-order valence-corrected chi connectivity index (χ2v) is 7.24. The van der Waals surface area contributed by atoms with Crippen LogP contribution in [0.3, 0.4) is 0 Å². The van der Waals surface area contributed by atoms with Gasteiger partial charge in [-0.05, 0) is 35.4 Å². The van der Waals surface area contributed by atoms with Crippen molar-refractivity contribution in [2.75, 3.05) is 14.2 Å². The van der Waals surface area contributed by atoms with Crippen LogP contribution in [-0.4, -0.2) is 14.2 Å². The van der Waals surface area contributed by atoms with Crippen molar-refractivity contribution in [3.05, 3.63) is 87.4 Å². The summed E-state index contributed by atoms with van der Waals surface area (Å²) in [6, 6.07) is 19.2. The molecule has 0 saturated carbocycles. The summed E-state index contributed by atoms with van der Waals surface area (Å²) >= 11 is 12.7. The van der Waals surface area contributed by atoms with Crippen LogP contribution in [0.4, 0.5) is 0 Å². The monoisotopic (exact) mass is 431 g/mol. The highest BCUT2D eigenvalue weighted by molar-refractivity contribution is 6.31. The van der Waals surface area contributed by atoms with Crippen LogP contribution in [-0.2, 0) is 19.7 Å². The number of halogens is 2. The van der Waals surface area contributed by atoms with Gasteiger partial charge in [0, 0.05) is 34.8 Å². The number of rotatable bonds is 9. The van der Waals surface area contributed by atoms with Gasteiger partial charge >= 0.3 is 0 Å². The standard InChI is InChI=1S/C23H23Cl2NO3/c1-27-19-9-7-16(8-10-19)13-26-14-18-11-22(28-2)23(12-21(18)25)29-15-17-5-3-4-6-20(17)24/h3-12,26H,13-15H2,1-2H3. The van der Waals surface area contributed by atoms with Crippen molar-refractivity contribution >= 4 is 23.2 Å². The van der Waals surface area contributed by atoms with Crippen molar-refractivity contribution in [1.82, 2.24) is 5.32 Å². The van der Waals surface area contributed by atoms with Crippen molar-refractivity contribution in [3.8, 4) is 17.2 Å². The van der Waals surface area contributed by atoms with Crippen LogP contribution in [0.1, 0.15) is 16.7 Å². The lowest BCUT2D eigenvalue weighted by atomic mass is 10.1. The zero-order chi connectivity index (χ0) is 20.6. The smallest absolute Gasteiger partial charge is 0.163 e. The van der Waals surface area contributed by atoms with Crippen molar-refractivity contribution in [1.29, 1.82) is 0 Å². The third-order valence-corrected chi connectivity index (χ3v) is 5.20. The van der Waals surface area contributed by atoms with E-state index in [1.807, 2.05) is 54.6 Å². The molecule has 0 bridgehead atoms. The van der Waals surface area contributed by atoms with Gasteiger partial charge in [0.25, 0.3) is 0 Å². The first-order valence-corrected chi connectivity index (χ1v) is 9.92. The van der Waals surface area contributed by atoms with Gasteiger partial charge < -0.3 is 19.5 Å². The zero-order valence-electron chi connectivity index (χ0n) is 16.4. The molecule has 0 spiro atoms. The van der Waals surface area contributed by atoms with Gasteiger partial charge in [-0.1, -0.05) is 53.5 Å². The fourth-order valence-electron chi connectivity index (χ4n) is 2.84. The maximum absolute atomic E-state index is 6.47. The minimum absolute atomic E-state index is 0.335. The third-order valence-electron chi connectivity index (χ3n) is 4.48. The number of benzene rings is 3. The van der Waals surface area contributed by atoms with Crippen molar-refractivity contribution in [2.45, 2.75) is 19.7 Å². The van der Waals surface area contributed by atoms with Crippen LogP contribution in [0.5, 0.6) is 17.2 Å². The molecule has 3 aromatic carbocycles. The first kappa shape index (κ1) is 21.3. The molecule has 3 rings (SSSR count). The molecule has 29 heavy (non-hydrogen) atoms. The third kappa shape index (κ3) is 5.80. The summed E-state index contributed by atoms with van der Waals surface area (Å²) in [5.41, 5.74) is 2.99. The van der Waals surface area contributed by atoms with Gasteiger partial charge in [-0.15, -0.1) is 0 Å². The molecule has 0 atom stereocenters. The number of ether oxygens (including phenoxy) is 3. The maximum atomic E-state index is 6.47. The number of hydrogen-bond acceptors (Lipinski definition) is 4. The van der Waals surface area contributed by atoms with E-state index in [0.717, 1.165) is 22.4 Å². The highest BCUT2D eigenvalue weighted by Gasteiger charge is 2.12. The lowest BCUT2D eigenvalue weighted by Gasteiger charge is -2.15. The van der Waals surface area contributed by atoms with Crippen LogP contribution < -0.4 is 19.5 Å². The van der Waals surface area contributed by atoms with Crippen LogP contribution in [0.2, 0.25) is 10.0 Å². The molecule has 0 aliphatic rings. The second kappa shape index (κ2) is 10.4. The van der Waals surface area contributed by atoms with Crippen molar-refractivity contribution in [3.63, 3.8) is 0 Å². The van der Waals surface area contributed by atoms with E-state index >= 15 is 0 Å². The fourth-order valence-corrected chi connectivity index (χ4v) is 3.25. The molecule has 0 saturated heterocycles. The number of hydrogen-bond donors (Lipinski definition) is 1. The molecule has 152 valence electrons. The summed E-state index contributed by atoms with van der Waals surface area (Å²) in [6.45, 7) is 1.65. The van der Waals surface area contributed by atoms with Crippen LogP contribution in [0.15, 0.2) is 60.7 Å². The lowest BCUT2D eigenvalue weighted by molar-refractivity contribution is 0.284. The molecule has 0 aromatic heterocycles. The second-order valence-electron chi connectivity index (χ2n) is 6.43. The Balaban J connectivity index is 1.63. The molecule has 0 amide bonds. The van der Waals surface area contributed by atoms with Gasteiger partial charge in [0.1, 0.15) is 12.4 Å². The Morgan fingerprint density at radius 3 is 2.21 bits per heavy atom. The molecule has 0 unspecified atom stereocenters. The van der Waals surface area contributed by atoms with E-state index in [1.54, 1.807) is 20.3 Å². The largest absolute Gasteiger partial charge is 0.497 e. The molecule has 4 nitrogen and oxygen atoms in total. The van der Waals surface area contributed by atoms with Crippen LogP contribution in [0.25, 0.3) is 0 Å². The number of nitrogens with one attached hydrogen (secondary N) is 1. The van der Waals surface area contributed by atoms with E-state index in [-0.39, 0.29) is 0 Å². The molecule has 3 aromatic rings. The molecule has 0 aliphatic carbocycles. The summed E-state index contributed by atoms with van der Waals surface area (Å²) in [5, 5.41) is 4.67. The Bertz CT molecular complexity index is 945. The van der Waals surface area contributed by atoms with E-state index in [0.29, 0.717) is 41.2 Å². The van der Waals surface area contributed by atoms with Gasteiger partial charge in [-0.2, -0.15) is 0 Å². The average Bonchev–Trinajstić information content (AvgIpc) is 2.75. The molecular weight excluding hydrogens is 409 g/mol. The predicted octanol–water partition coefficient (Wildman–Crippen LogP) is 5.88. The summed E-state index contributed by atoms with van der Waals surface area (Å²) in [4.78, 5) is 0. The quantitative estimate of drug-likeness (QED) is 0.459. The molecule has 0 fully saturated rings. The molecule has 0 heterocycles. The first-order chi connectivity index (χ1) is 14.1. The summed E-state index contributed by atoms with van der Waals surface area (Å²) in [7, 11) is 3.27. The molecule has 1 N–H and O–H groups in total. The minimum atomic E-state index is 0.335. The Hall–Kier alpha value is -2.40. The molecule has 0 radical (unpaired) electrons. The van der Waals surface area contributed by atoms with Gasteiger partial charge in [-0.25, -0.2) is 0 Å². The predicted molar refractivity (Wildman–Crippen MR) is 117 cm³/mol. The average molecular weight is 432 g/mol. The minimum Gasteiger partial charge on any atom is -0.497 e.